The topological polar surface area (TPSA) is 26.3 Å². The number of ketones is 1. The Balaban J connectivity index is 1.93. The van der Waals surface area contributed by atoms with Gasteiger partial charge in [0.05, 0.1) is 7.11 Å². The minimum atomic E-state index is 0.0677. The van der Waals surface area contributed by atoms with Crippen LogP contribution in [0.2, 0.25) is 0 Å². The Labute approximate surface area is 150 Å². The normalized spacial score (nSPS) is 13.3. The first-order valence-corrected chi connectivity index (χ1v) is 8.61. The van der Waals surface area contributed by atoms with Crippen molar-refractivity contribution in [2.45, 2.75) is 0 Å². The highest BCUT2D eigenvalue weighted by molar-refractivity contribution is 6.10. The number of hydrogen-bond donors (Lipinski definition) is 0. The van der Waals surface area contributed by atoms with Gasteiger partial charge in [-0.05, 0) is 67.9 Å². The fourth-order valence-corrected chi connectivity index (χ4v) is 3.87. The van der Waals surface area contributed by atoms with Crippen molar-refractivity contribution in [3.05, 3.63) is 98.8 Å². The van der Waals surface area contributed by atoms with Gasteiger partial charge in [0, 0.05) is 5.56 Å². The zero-order valence-electron chi connectivity index (χ0n) is 14.3. The summed E-state index contributed by atoms with van der Waals surface area (Å²) in [6.07, 6.45) is 7.66. The summed E-state index contributed by atoms with van der Waals surface area (Å²) in [6.45, 7) is 0. The summed E-state index contributed by atoms with van der Waals surface area (Å²) >= 11 is 0. The monoisotopic (exact) mass is 336 g/mol. The number of fused-ring (bicyclic) bond motifs is 4. The molecule has 2 nitrogen and oxygen atoms in total. The van der Waals surface area contributed by atoms with Crippen molar-refractivity contribution in [1.29, 1.82) is 0 Å². The smallest absolute Gasteiger partial charge is 0.187 e. The van der Waals surface area contributed by atoms with Gasteiger partial charge >= 0.3 is 0 Å². The van der Waals surface area contributed by atoms with E-state index in [4.69, 9.17) is 4.74 Å². The predicted molar refractivity (Wildman–Crippen MR) is 103 cm³/mol. The van der Waals surface area contributed by atoms with Crippen molar-refractivity contribution < 1.29 is 9.53 Å². The first kappa shape index (κ1) is 14.9. The highest BCUT2D eigenvalue weighted by Gasteiger charge is 2.19. The SMILES string of the molecule is COc1ccc(-c2cc3c(c4c2=CC=CC4=O)C=c2ccccc2=3)cc1. The summed E-state index contributed by atoms with van der Waals surface area (Å²) in [5.74, 6) is 0.889. The number of allylic oxidation sites excluding steroid dienone is 2. The lowest BCUT2D eigenvalue weighted by atomic mass is 9.90. The average molecular weight is 336 g/mol. The highest BCUT2D eigenvalue weighted by Crippen LogP contribution is 2.25. The minimum Gasteiger partial charge on any atom is -0.497 e. The van der Waals surface area contributed by atoms with Gasteiger partial charge < -0.3 is 4.74 Å². The second-order valence-electron chi connectivity index (χ2n) is 6.52. The summed E-state index contributed by atoms with van der Waals surface area (Å²) in [5, 5.41) is 4.47. The molecule has 3 aromatic carbocycles. The van der Waals surface area contributed by atoms with E-state index in [0.29, 0.717) is 0 Å². The summed E-state index contributed by atoms with van der Waals surface area (Å²) in [5.41, 5.74) is 3.98. The van der Waals surface area contributed by atoms with Gasteiger partial charge in [-0.2, -0.15) is 0 Å². The summed E-state index contributed by atoms with van der Waals surface area (Å²) in [4.78, 5) is 12.7. The maximum atomic E-state index is 12.7. The van der Waals surface area contributed by atoms with Crippen LogP contribution in [-0.2, 0) is 0 Å². The van der Waals surface area contributed by atoms with Gasteiger partial charge in [-0.25, -0.2) is 0 Å². The van der Waals surface area contributed by atoms with Crippen LogP contribution in [0.15, 0.2) is 66.7 Å². The zero-order valence-corrected chi connectivity index (χ0v) is 14.3. The molecule has 2 aliphatic carbocycles. The standard InChI is InChI=1S/C24H16O2/c1-26-17-11-9-15(10-12-17)20-14-21-18-6-3-2-5-16(18)13-22(21)24-19(20)7-4-8-23(24)25/h2-14H,1H3. The number of ether oxygens (including phenoxy) is 1. The van der Waals surface area contributed by atoms with Crippen LogP contribution in [0.25, 0.3) is 23.3 Å². The van der Waals surface area contributed by atoms with Crippen molar-refractivity contribution in [1.82, 2.24) is 0 Å². The van der Waals surface area contributed by atoms with E-state index >= 15 is 0 Å². The molecule has 0 radical (unpaired) electrons. The van der Waals surface area contributed by atoms with Crippen molar-refractivity contribution in [2.75, 3.05) is 7.11 Å². The Bertz CT molecular complexity index is 1310. The van der Waals surface area contributed by atoms with Crippen LogP contribution in [-0.4, -0.2) is 12.9 Å². The number of methoxy groups -OCH3 is 1. The molecule has 0 saturated carbocycles. The van der Waals surface area contributed by atoms with E-state index in [9.17, 15) is 4.79 Å². The van der Waals surface area contributed by atoms with Crippen LogP contribution in [0.1, 0.15) is 15.9 Å². The number of benzene rings is 3. The van der Waals surface area contributed by atoms with E-state index < -0.39 is 0 Å². The Kier molecular flexibility index (Phi) is 3.19. The molecule has 0 spiro atoms. The summed E-state index contributed by atoms with van der Waals surface area (Å²) in [6, 6.07) is 18.5. The van der Waals surface area contributed by atoms with Crippen LogP contribution in [0, 0.1) is 10.4 Å². The van der Waals surface area contributed by atoms with Crippen molar-refractivity contribution >= 4 is 17.9 Å². The van der Waals surface area contributed by atoms with Crippen LogP contribution in [0.3, 0.4) is 0 Å². The van der Waals surface area contributed by atoms with E-state index in [1.54, 1.807) is 13.2 Å². The lowest BCUT2D eigenvalue weighted by Crippen LogP contribution is -2.21. The predicted octanol–water partition coefficient (Wildman–Crippen LogP) is 3.32. The molecule has 0 N–H and O–H groups in total. The molecule has 0 atom stereocenters. The van der Waals surface area contributed by atoms with E-state index in [1.165, 1.54) is 10.4 Å². The molecule has 26 heavy (non-hydrogen) atoms. The molecule has 2 aliphatic rings. The molecule has 0 unspecified atom stereocenters. The first-order valence-electron chi connectivity index (χ1n) is 8.61. The summed E-state index contributed by atoms with van der Waals surface area (Å²) in [7, 11) is 1.66. The van der Waals surface area contributed by atoms with Crippen LogP contribution < -0.4 is 15.2 Å². The number of carbonyl (C=O) groups is 1. The van der Waals surface area contributed by atoms with Gasteiger partial charge in [0.1, 0.15) is 5.75 Å². The van der Waals surface area contributed by atoms with Crippen LogP contribution >= 0.6 is 0 Å². The van der Waals surface area contributed by atoms with Crippen LogP contribution in [0.4, 0.5) is 0 Å². The maximum Gasteiger partial charge on any atom is 0.187 e. The lowest BCUT2D eigenvalue weighted by molar-refractivity contribution is 0.104. The fraction of sp³-hybridized carbons (Fsp3) is 0.0417. The molecule has 0 aliphatic heterocycles. The van der Waals surface area contributed by atoms with Gasteiger partial charge in [0.25, 0.3) is 0 Å². The maximum absolute atomic E-state index is 12.7. The Hall–Kier alpha value is -3.39. The van der Waals surface area contributed by atoms with Gasteiger partial charge in [-0.1, -0.05) is 48.6 Å². The molecule has 0 bridgehead atoms. The summed E-state index contributed by atoms with van der Waals surface area (Å²) < 4.78 is 5.28. The third-order valence-corrected chi connectivity index (χ3v) is 5.12. The molecular formula is C24H16O2. The molecular weight excluding hydrogens is 320 g/mol. The molecule has 3 aromatic rings. The Morgan fingerprint density at radius 3 is 2.54 bits per heavy atom. The van der Waals surface area contributed by atoms with E-state index in [0.717, 1.165) is 38.4 Å². The third kappa shape index (κ3) is 2.09. The second-order valence-corrected chi connectivity index (χ2v) is 6.52. The third-order valence-electron chi connectivity index (χ3n) is 5.12. The average Bonchev–Trinajstić information content (AvgIpc) is 3.06. The molecule has 0 saturated heterocycles. The molecule has 124 valence electrons. The Morgan fingerprint density at radius 1 is 0.923 bits per heavy atom. The molecule has 0 heterocycles. The highest BCUT2D eigenvalue weighted by atomic mass is 16.5. The minimum absolute atomic E-state index is 0.0677. The van der Waals surface area contributed by atoms with Crippen molar-refractivity contribution in [3.63, 3.8) is 0 Å². The molecule has 0 aromatic heterocycles. The fourth-order valence-electron chi connectivity index (χ4n) is 3.87. The molecule has 0 fully saturated rings. The second kappa shape index (κ2) is 5.57. The quantitative estimate of drug-likeness (QED) is 0.561. The van der Waals surface area contributed by atoms with Crippen molar-refractivity contribution in [2.24, 2.45) is 0 Å². The van der Waals surface area contributed by atoms with E-state index in [2.05, 4.69) is 24.3 Å². The van der Waals surface area contributed by atoms with Gasteiger partial charge in [-0.15, -0.1) is 0 Å². The largest absolute Gasteiger partial charge is 0.497 e. The first-order chi connectivity index (χ1) is 12.8. The number of rotatable bonds is 2. The van der Waals surface area contributed by atoms with Gasteiger partial charge in [0.15, 0.2) is 5.78 Å². The van der Waals surface area contributed by atoms with E-state index in [-0.39, 0.29) is 5.78 Å². The Morgan fingerprint density at radius 2 is 1.73 bits per heavy atom. The van der Waals surface area contributed by atoms with Crippen LogP contribution in [0.5, 0.6) is 5.75 Å². The van der Waals surface area contributed by atoms with E-state index in [1.807, 2.05) is 48.6 Å². The molecule has 2 heteroatoms. The van der Waals surface area contributed by atoms with Gasteiger partial charge in [0.2, 0.25) is 0 Å². The molecule has 5 rings (SSSR count). The van der Waals surface area contributed by atoms with Gasteiger partial charge in [-0.3, -0.25) is 4.79 Å². The number of carbonyl (C=O) groups excluding carboxylic acids is 1. The lowest BCUT2D eigenvalue weighted by Gasteiger charge is -2.13. The zero-order chi connectivity index (χ0) is 17.7. The number of hydrogen-bond acceptors (Lipinski definition) is 2. The molecule has 0 amide bonds. The van der Waals surface area contributed by atoms with Crippen molar-refractivity contribution in [3.8, 4) is 16.9 Å².